The average molecular weight is 287 g/mol. The highest BCUT2D eigenvalue weighted by Gasteiger charge is 2.15. The van der Waals surface area contributed by atoms with Crippen molar-refractivity contribution in [2.24, 2.45) is 0 Å². The fraction of sp³-hybridized carbons (Fsp3) is 0.364. The van der Waals surface area contributed by atoms with Crippen LogP contribution < -0.4 is 0 Å². The van der Waals surface area contributed by atoms with E-state index in [4.69, 9.17) is 23.2 Å². The average Bonchev–Trinajstić information content (AvgIpc) is 2.61. The van der Waals surface area contributed by atoms with Crippen molar-refractivity contribution < 1.29 is 5.11 Å². The van der Waals surface area contributed by atoms with E-state index in [-0.39, 0.29) is 10.3 Å². The third-order valence-corrected chi connectivity index (χ3v) is 2.49. The van der Waals surface area contributed by atoms with Gasteiger partial charge in [-0.25, -0.2) is 9.97 Å². The Balaban J connectivity index is 2.29. The molecule has 96 valence electrons. The number of aliphatic hydroxyl groups is 1. The Kier molecular flexibility index (Phi) is 3.56. The van der Waals surface area contributed by atoms with E-state index in [1.54, 1.807) is 30.9 Å². The van der Waals surface area contributed by atoms with Gasteiger partial charge in [0.15, 0.2) is 5.82 Å². The Morgan fingerprint density at radius 2 is 1.89 bits per heavy atom. The number of aromatic nitrogens is 4. The molecular formula is C11H12Cl2N4O. The van der Waals surface area contributed by atoms with E-state index in [9.17, 15) is 5.11 Å². The number of hydrogen-bond acceptors (Lipinski definition) is 4. The topological polar surface area (TPSA) is 63.8 Å². The quantitative estimate of drug-likeness (QED) is 0.880. The number of halogens is 2. The summed E-state index contributed by atoms with van der Waals surface area (Å²) in [6.45, 7) is 3.80. The van der Waals surface area contributed by atoms with Crippen molar-refractivity contribution >= 4 is 23.2 Å². The zero-order valence-electron chi connectivity index (χ0n) is 9.93. The molecule has 2 aromatic rings. The molecule has 1 N–H and O–H groups in total. The van der Waals surface area contributed by atoms with Gasteiger partial charge in [0.1, 0.15) is 10.3 Å². The maximum Gasteiger partial charge on any atom is 0.165 e. The summed E-state index contributed by atoms with van der Waals surface area (Å²) in [6.07, 6.45) is 3.34. The predicted molar refractivity (Wildman–Crippen MR) is 69.6 cm³/mol. The molecule has 0 spiro atoms. The Morgan fingerprint density at radius 3 is 2.44 bits per heavy atom. The van der Waals surface area contributed by atoms with E-state index in [1.165, 1.54) is 6.07 Å². The van der Waals surface area contributed by atoms with Gasteiger partial charge < -0.3 is 5.11 Å². The van der Waals surface area contributed by atoms with Crippen LogP contribution in [0.1, 0.15) is 13.8 Å². The summed E-state index contributed by atoms with van der Waals surface area (Å²) in [5.41, 5.74) is -0.139. The molecule has 7 heteroatoms. The zero-order chi connectivity index (χ0) is 13.3. The summed E-state index contributed by atoms with van der Waals surface area (Å²) < 4.78 is 1.62. The molecule has 0 fully saturated rings. The van der Waals surface area contributed by atoms with Gasteiger partial charge in [0.2, 0.25) is 0 Å². The lowest BCUT2D eigenvalue weighted by atomic mass is 10.1. The minimum atomic E-state index is -0.837. The first-order chi connectivity index (χ1) is 8.33. The van der Waals surface area contributed by atoms with E-state index >= 15 is 0 Å². The predicted octanol–water partition coefficient (Wildman–Crippen LogP) is 2.42. The van der Waals surface area contributed by atoms with Crippen LogP contribution in [0.2, 0.25) is 10.3 Å². The van der Waals surface area contributed by atoms with E-state index in [0.717, 1.165) is 0 Å². The van der Waals surface area contributed by atoms with Crippen LogP contribution in [0, 0.1) is 0 Å². The molecule has 2 aromatic heterocycles. The van der Waals surface area contributed by atoms with Crippen LogP contribution in [0.4, 0.5) is 0 Å². The zero-order valence-corrected chi connectivity index (χ0v) is 11.4. The second-order valence-electron chi connectivity index (χ2n) is 4.58. The van der Waals surface area contributed by atoms with Crippen molar-refractivity contribution in [3.63, 3.8) is 0 Å². The third kappa shape index (κ3) is 3.41. The van der Waals surface area contributed by atoms with Crippen molar-refractivity contribution in [3.05, 3.63) is 28.8 Å². The van der Waals surface area contributed by atoms with Gasteiger partial charge in [-0.2, -0.15) is 5.10 Å². The molecule has 2 heterocycles. The molecule has 0 aliphatic rings. The lowest BCUT2D eigenvalue weighted by Crippen LogP contribution is -2.26. The Bertz CT molecular complexity index is 542. The summed E-state index contributed by atoms with van der Waals surface area (Å²) in [6, 6.07) is 1.47. The van der Waals surface area contributed by atoms with Gasteiger partial charge in [0, 0.05) is 12.3 Å². The molecule has 0 aliphatic carbocycles. The summed E-state index contributed by atoms with van der Waals surface area (Å²) in [5, 5.41) is 14.4. The molecule has 0 saturated heterocycles. The van der Waals surface area contributed by atoms with Gasteiger partial charge in [-0.15, -0.1) is 0 Å². The molecular weight excluding hydrogens is 275 g/mol. The van der Waals surface area contributed by atoms with Crippen LogP contribution in [0.5, 0.6) is 0 Å². The number of rotatable bonds is 3. The minimum absolute atomic E-state index is 0.278. The van der Waals surface area contributed by atoms with Crippen LogP contribution in [0.3, 0.4) is 0 Å². The first-order valence-corrected chi connectivity index (χ1v) is 6.04. The number of nitrogens with zero attached hydrogens (tertiary/aromatic N) is 4. The maximum absolute atomic E-state index is 9.70. The van der Waals surface area contributed by atoms with Crippen molar-refractivity contribution in [3.8, 4) is 11.4 Å². The highest BCUT2D eigenvalue weighted by Crippen LogP contribution is 2.20. The van der Waals surface area contributed by atoms with Gasteiger partial charge in [-0.05, 0) is 13.8 Å². The Hall–Kier alpha value is -1.17. The third-order valence-electron chi connectivity index (χ3n) is 2.10. The van der Waals surface area contributed by atoms with Crippen molar-refractivity contribution in [2.45, 2.75) is 26.0 Å². The van der Waals surface area contributed by atoms with Crippen LogP contribution >= 0.6 is 23.2 Å². The molecule has 0 aliphatic heterocycles. The minimum Gasteiger partial charge on any atom is -0.389 e. The standard InChI is InChI=1S/C11H12Cl2N4O/c1-11(2,18)6-17-5-7(4-14-17)10-15-8(12)3-9(13)16-10/h3-5,18H,6H2,1-2H3. The van der Waals surface area contributed by atoms with Gasteiger partial charge >= 0.3 is 0 Å². The molecule has 0 saturated carbocycles. The molecule has 0 radical (unpaired) electrons. The van der Waals surface area contributed by atoms with E-state index < -0.39 is 5.60 Å². The van der Waals surface area contributed by atoms with Crippen molar-refractivity contribution in [1.82, 2.24) is 19.7 Å². The van der Waals surface area contributed by atoms with Crippen LogP contribution in [-0.4, -0.2) is 30.5 Å². The Labute approximate surface area is 114 Å². The largest absolute Gasteiger partial charge is 0.389 e. The normalized spacial score (nSPS) is 11.8. The van der Waals surface area contributed by atoms with Gasteiger partial charge in [0.05, 0.1) is 23.9 Å². The summed E-state index contributed by atoms with van der Waals surface area (Å²) in [5.74, 6) is 0.412. The van der Waals surface area contributed by atoms with Crippen molar-refractivity contribution in [1.29, 1.82) is 0 Å². The molecule has 5 nitrogen and oxygen atoms in total. The maximum atomic E-state index is 9.70. The molecule has 0 aromatic carbocycles. The van der Waals surface area contributed by atoms with Crippen LogP contribution in [0.25, 0.3) is 11.4 Å². The molecule has 2 rings (SSSR count). The highest BCUT2D eigenvalue weighted by molar-refractivity contribution is 6.33. The lowest BCUT2D eigenvalue weighted by Gasteiger charge is -2.16. The SMILES string of the molecule is CC(C)(O)Cn1cc(-c2nc(Cl)cc(Cl)n2)cn1. The fourth-order valence-electron chi connectivity index (χ4n) is 1.48. The first kappa shape index (κ1) is 13.3. The number of hydrogen-bond donors (Lipinski definition) is 1. The fourth-order valence-corrected chi connectivity index (χ4v) is 1.90. The molecule has 0 unspecified atom stereocenters. The molecule has 0 atom stereocenters. The van der Waals surface area contributed by atoms with Crippen LogP contribution in [-0.2, 0) is 6.54 Å². The van der Waals surface area contributed by atoms with Gasteiger partial charge in [-0.1, -0.05) is 23.2 Å². The van der Waals surface area contributed by atoms with E-state index in [0.29, 0.717) is 17.9 Å². The lowest BCUT2D eigenvalue weighted by molar-refractivity contribution is 0.0577. The summed E-state index contributed by atoms with van der Waals surface area (Å²) in [4.78, 5) is 8.14. The molecule has 0 amide bonds. The second kappa shape index (κ2) is 4.84. The van der Waals surface area contributed by atoms with E-state index in [2.05, 4.69) is 15.1 Å². The summed E-state index contributed by atoms with van der Waals surface area (Å²) >= 11 is 11.6. The molecule has 0 bridgehead atoms. The Morgan fingerprint density at radius 1 is 1.28 bits per heavy atom. The second-order valence-corrected chi connectivity index (χ2v) is 5.35. The van der Waals surface area contributed by atoms with Gasteiger partial charge in [0.25, 0.3) is 0 Å². The van der Waals surface area contributed by atoms with Crippen molar-refractivity contribution in [2.75, 3.05) is 0 Å². The van der Waals surface area contributed by atoms with Crippen LogP contribution in [0.15, 0.2) is 18.5 Å². The monoisotopic (exact) mass is 286 g/mol. The highest BCUT2D eigenvalue weighted by atomic mass is 35.5. The molecule has 18 heavy (non-hydrogen) atoms. The van der Waals surface area contributed by atoms with E-state index in [1.807, 2.05) is 0 Å². The smallest absolute Gasteiger partial charge is 0.165 e. The van der Waals surface area contributed by atoms with Gasteiger partial charge in [-0.3, -0.25) is 4.68 Å². The first-order valence-electron chi connectivity index (χ1n) is 5.29. The summed E-state index contributed by atoms with van der Waals surface area (Å²) in [7, 11) is 0.